The van der Waals surface area contributed by atoms with Gasteiger partial charge in [-0.05, 0) is 5.92 Å². The van der Waals surface area contributed by atoms with Crippen molar-refractivity contribution in [3.63, 3.8) is 0 Å². The molecular formula is C6H19CaNO4. The normalized spacial score (nSPS) is 12.6. The first kappa shape index (κ1) is 22.9. The standard InChI is InChI=1S/C6H13NO2.Ca.2H2O.2H/c1-3-4(2)5(7)6(8)9;;;;;/h4-5H,3,7H2,1-2H3,(H,8,9);;2*1H2;;. The molecule has 0 aromatic rings. The predicted molar refractivity (Wildman–Crippen MR) is 50.8 cm³/mol. The molecule has 0 aromatic carbocycles. The van der Waals surface area contributed by atoms with E-state index in [-0.39, 0.29) is 54.6 Å². The zero-order valence-corrected chi connectivity index (χ0v) is 6.79. The first-order chi connectivity index (χ1) is 4.09. The topological polar surface area (TPSA) is 126 Å². The molecule has 2 atom stereocenters. The quantitative estimate of drug-likeness (QED) is 0.516. The van der Waals surface area contributed by atoms with Gasteiger partial charge in [0.05, 0.1) is 0 Å². The van der Waals surface area contributed by atoms with Crippen LogP contribution in [0, 0.1) is 5.92 Å². The maximum absolute atomic E-state index is 10.2. The van der Waals surface area contributed by atoms with Gasteiger partial charge in [-0.3, -0.25) is 4.79 Å². The maximum atomic E-state index is 10.2. The number of nitrogens with two attached hydrogens (primary N) is 1. The van der Waals surface area contributed by atoms with Gasteiger partial charge in [0.25, 0.3) is 0 Å². The van der Waals surface area contributed by atoms with Crippen molar-refractivity contribution in [2.45, 2.75) is 26.3 Å². The summed E-state index contributed by atoms with van der Waals surface area (Å²) >= 11 is 0. The molecule has 0 fully saturated rings. The zero-order valence-electron chi connectivity index (χ0n) is 6.79. The van der Waals surface area contributed by atoms with Crippen molar-refractivity contribution in [3.05, 3.63) is 0 Å². The number of hydrogen-bond donors (Lipinski definition) is 2. The third kappa shape index (κ3) is 8.70. The SMILES string of the molecule is CCC(C)C(N)C(=O)O.O.O.[CaH2]. The van der Waals surface area contributed by atoms with Crippen LogP contribution in [0.3, 0.4) is 0 Å². The fraction of sp³-hybridized carbons (Fsp3) is 0.833. The molecule has 0 bridgehead atoms. The van der Waals surface area contributed by atoms with E-state index >= 15 is 0 Å². The van der Waals surface area contributed by atoms with Crippen molar-refractivity contribution >= 4 is 43.7 Å². The van der Waals surface area contributed by atoms with Crippen LogP contribution < -0.4 is 5.73 Å². The van der Waals surface area contributed by atoms with Crippen LogP contribution in [0.4, 0.5) is 0 Å². The van der Waals surface area contributed by atoms with E-state index in [1.54, 1.807) is 0 Å². The van der Waals surface area contributed by atoms with Crippen LogP contribution in [-0.2, 0) is 4.79 Å². The Balaban J connectivity index is -0.000000107. The molecular weight excluding hydrogens is 190 g/mol. The van der Waals surface area contributed by atoms with E-state index in [0.29, 0.717) is 0 Å². The molecule has 0 aliphatic heterocycles. The van der Waals surface area contributed by atoms with E-state index in [1.165, 1.54) is 0 Å². The number of rotatable bonds is 3. The van der Waals surface area contributed by atoms with E-state index in [4.69, 9.17) is 10.8 Å². The number of carboxylic acids is 1. The Labute approximate surface area is 102 Å². The molecule has 0 heterocycles. The van der Waals surface area contributed by atoms with E-state index < -0.39 is 12.0 Å². The van der Waals surface area contributed by atoms with Crippen LogP contribution in [0.2, 0.25) is 0 Å². The molecule has 74 valence electrons. The third-order valence-electron chi connectivity index (χ3n) is 1.54. The molecule has 7 N–H and O–H groups in total. The van der Waals surface area contributed by atoms with Gasteiger partial charge in [0.2, 0.25) is 0 Å². The van der Waals surface area contributed by atoms with Gasteiger partial charge in [-0.1, -0.05) is 20.3 Å². The zero-order chi connectivity index (χ0) is 7.44. The Bertz CT molecular complexity index is 112. The summed E-state index contributed by atoms with van der Waals surface area (Å²) in [7, 11) is 0. The minimum absolute atomic E-state index is 0. The summed E-state index contributed by atoms with van der Waals surface area (Å²) in [4.78, 5) is 10.2. The molecule has 0 saturated carbocycles. The minimum atomic E-state index is -0.913. The van der Waals surface area contributed by atoms with Gasteiger partial charge in [-0.15, -0.1) is 0 Å². The molecule has 0 aliphatic carbocycles. The first-order valence-electron chi connectivity index (χ1n) is 3.08. The number of aliphatic carboxylic acids is 1. The molecule has 0 radical (unpaired) electrons. The average Bonchev–Trinajstić information content (AvgIpc) is 1.84. The van der Waals surface area contributed by atoms with Gasteiger partial charge >= 0.3 is 43.7 Å². The molecule has 0 aromatic heterocycles. The van der Waals surface area contributed by atoms with E-state index in [9.17, 15) is 4.79 Å². The van der Waals surface area contributed by atoms with Gasteiger partial charge < -0.3 is 21.8 Å². The van der Waals surface area contributed by atoms with Gasteiger partial charge in [0.15, 0.2) is 0 Å². The Hall–Kier alpha value is 0.610. The van der Waals surface area contributed by atoms with Crippen molar-refractivity contribution in [1.82, 2.24) is 0 Å². The van der Waals surface area contributed by atoms with E-state index in [2.05, 4.69) is 0 Å². The summed E-state index contributed by atoms with van der Waals surface area (Å²) in [6.07, 6.45) is 0.813. The van der Waals surface area contributed by atoms with Gasteiger partial charge in [0, 0.05) is 0 Å². The summed E-state index contributed by atoms with van der Waals surface area (Å²) in [5, 5.41) is 8.36. The first-order valence-corrected chi connectivity index (χ1v) is 3.08. The molecule has 2 unspecified atom stereocenters. The molecule has 0 aliphatic rings. The van der Waals surface area contributed by atoms with Gasteiger partial charge in [-0.25, -0.2) is 0 Å². The predicted octanol–water partition coefficient (Wildman–Crippen LogP) is -2.12. The second kappa shape index (κ2) is 11.6. The Morgan fingerprint density at radius 2 is 1.83 bits per heavy atom. The van der Waals surface area contributed by atoms with Crippen molar-refractivity contribution in [3.8, 4) is 0 Å². The van der Waals surface area contributed by atoms with Crippen LogP contribution in [0.25, 0.3) is 0 Å². The van der Waals surface area contributed by atoms with E-state index in [1.807, 2.05) is 13.8 Å². The molecule has 5 nitrogen and oxygen atoms in total. The number of carbonyl (C=O) groups is 1. The average molecular weight is 209 g/mol. The summed E-state index contributed by atoms with van der Waals surface area (Å²) < 4.78 is 0. The number of carboxylic acid groups (broad SMARTS) is 1. The van der Waals surface area contributed by atoms with Crippen molar-refractivity contribution in [1.29, 1.82) is 0 Å². The summed E-state index contributed by atoms with van der Waals surface area (Å²) in [6, 6.07) is -0.699. The van der Waals surface area contributed by atoms with Crippen LogP contribution >= 0.6 is 0 Å². The van der Waals surface area contributed by atoms with Crippen LogP contribution in [0.15, 0.2) is 0 Å². The Kier molecular flexibility index (Phi) is 22.2. The molecule has 0 rings (SSSR count). The number of hydrogen-bond acceptors (Lipinski definition) is 2. The van der Waals surface area contributed by atoms with Gasteiger partial charge in [0.1, 0.15) is 6.04 Å². The van der Waals surface area contributed by atoms with Crippen molar-refractivity contribution in [2.75, 3.05) is 0 Å². The summed E-state index contributed by atoms with van der Waals surface area (Å²) in [5.41, 5.74) is 5.27. The molecule has 12 heavy (non-hydrogen) atoms. The Morgan fingerprint density at radius 1 is 1.50 bits per heavy atom. The van der Waals surface area contributed by atoms with Crippen LogP contribution in [0.5, 0.6) is 0 Å². The fourth-order valence-corrected chi connectivity index (χ4v) is 0.497. The summed E-state index contributed by atoms with van der Waals surface area (Å²) in [5.74, 6) is -0.841. The van der Waals surface area contributed by atoms with Crippen LogP contribution in [-0.4, -0.2) is 65.8 Å². The van der Waals surface area contributed by atoms with Crippen LogP contribution in [0.1, 0.15) is 20.3 Å². The van der Waals surface area contributed by atoms with E-state index in [0.717, 1.165) is 6.42 Å². The molecule has 0 amide bonds. The Morgan fingerprint density at radius 3 is 1.92 bits per heavy atom. The third-order valence-corrected chi connectivity index (χ3v) is 1.54. The summed E-state index contributed by atoms with van der Waals surface area (Å²) in [6.45, 7) is 3.76. The van der Waals surface area contributed by atoms with Crippen molar-refractivity contribution < 1.29 is 20.9 Å². The molecule has 6 heteroatoms. The van der Waals surface area contributed by atoms with Crippen molar-refractivity contribution in [2.24, 2.45) is 11.7 Å². The monoisotopic (exact) mass is 209 g/mol. The second-order valence-corrected chi connectivity index (χ2v) is 2.25. The van der Waals surface area contributed by atoms with Gasteiger partial charge in [-0.2, -0.15) is 0 Å². The molecule has 0 saturated heterocycles. The molecule has 0 spiro atoms. The fourth-order valence-electron chi connectivity index (χ4n) is 0.497. The second-order valence-electron chi connectivity index (χ2n) is 2.25.